The van der Waals surface area contributed by atoms with Gasteiger partial charge in [-0.25, -0.2) is 9.78 Å². The van der Waals surface area contributed by atoms with E-state index >= 15 is 0 Å². The van der Waals surface area contributed by atoms with Gasteiger partial charge < -0.3 is 41.9 Å². The molecular weight excluding hydrogens is 390 g/mol. The van der Waals surface area contributed by atoms with Gasteiger partial charge in [-0.2, -0.15) is 0 Å². The van der Waals surface area contributed by atoms with Crippen LogP contribution < -0.4 is 22.5 Å². The highest BCUT2D eigenvalue weighted by Crippen LogP contribution is 2.09. The van der Waals surface area contributed by atoms with Crippen LogP contribution in [0.1, 0.15) is 24.8 Å². The number of carbonyl (C=O) groups is 2. The Bertz CT molecular complexity index is 677. The van der Waals surface area contributed by atoms with Crippen LogP contribution in [0.5, 0.6) is 0 Å². The first-order valence-corrected chi connectivity index (χ1v) is 8.72. The largest absolute Gasteiger partial charge is 1.00 e. The van der Waals surface area contributed by atoms with E-state index in [4.69, 9.17) is 9.57 Å². The molecule has 0 saturated carbocycles. The summed E-state index contributed by atoms with van der Waals surface area (Å²) in [4.78, 5) is 32.2. The van der Waals surface area contributed by atoms with Crippen LogP contribution in [-0.2, 0) is 19.2 Å². The third-order valence-corrected chi connectivity index (χ3v) is 3.84. The Labute approximate surface area is 169 Å². The maximum atomic E-state index is 11.7. The number of aliphatic hydroxyl groups is 1. The van der Waals surface area contributed by atoms with E-state index in [0.717, 1.165) is 25.9 Å². The molecule has 0 aromatic carbocycles. The quantitative estimate of drug-likeness (QED) is 0.151. The van der Waals surface area contributed by atoms with Gasteiger partial charge in [0.15, 0.2) is 12.4 Å². The van der Waals surface area contributed by atoms with Gasteiger partial charge >= 0.3 is 5.97 Å². The standard InChI is InChI=1S/C18H23N3O6.ClH/c22-15(12-21-9-2-1-3-10-21)13-26-20-18(14-5-4-8-19-11-14)27-17(25)7-6-16(23)24;/h4-8,11,15,22H,1-3,9-10,12-13H2,(H,23,24);1H/p-1/b7-6?,20-18-;. The monoisotopic (exact) mass is 412 g/mol. The van der Waals surface area contributed by atoms with Crippen molar-refractivity contribution >= 4 is 17.8 Å². The van der Waals surface area contributed by atoms with Crippen LogP contribution in [0.4, 0.5) is 0 Å². The third-order valence-electron chi connectivity index (χ3n) is 3.84. The number of carboxylic acids is 1. The van der Waals surface area contributed by atoms with Gasteiger partial charge in [-0.05, 0) is 43.2 Å². The number of likely N-dealkylation sites (tertiary alicyclic amines) is 1. The summed E-state index contributed by atoms with van der Waals surface area (Å²) in [7, 11) is 0. The van der Waals surface area contributed by atoms with Gasteiger partial charge in [-0.3, -0.25) is 0 Å². The highest BCUT2D eigenvalue weighted by Gasteiger charge is 2.16. The summed E-state index contributed by atoms with van der Waals surface area (Å²) < 4.78 is 5.01. The molecule has 1 saturated heterocycles. The van der Waals surface area contributed by atoms with Gasteiger partial charge in [0.05, 0.1) is 5.97 Å². The number of aromatic nitrogens is 1. The summed E-state index contributed by atoms with van der Waals surface area (Å²) in [6.45, 7) is 2.32. The zero-order valence-electron chi connectivity index (χ0n) is 15.3. The number of hydrogen-bond donors (Lipinski definition) is 1. The van der Waals surface area contributed by atoms with Crippen molar-refractivity contribution in [3.05, 3.63) is 42.2 Å². The van der Waals surface area contributed by atoms with Crippen LogP contribution in [0.2, 0.25) is 0 Å². The molecule has 2 rings (SSSR count). The number of aliphatic hydroxyl groups excluding tert-OH is 1. The van der Waals surface area contributed by atoms with Crippen molar-refractivity contribution in [1.82, 2.24) is 4.90 Å². The smallest absolute Gasteiger partial charge is 0.337 e. The average Bonchev–Trinajstić information content (AvgIpc) is 2.67. The molecule has 10 heteroatoms. The lowest BCUT2D eigenvalue weighted by atomic mass is 10.1. The van der Waals surface area contributed by atoms with E-state index in [-0.39, 0.29) is 24.9 Å². The van der Waals surface area contributed by atoms with Gasteiger partial charge in [0.1, 0.15) is 18.3 Å². The number of β-amino-alcohol motifs (C(OH)–C–C–N with tert-alkyl or cyclic N) is 1. The number of rotatable bonds is 8. The summed E-state index contributed by atoms with van der Waals surface area (Å²) in [5, 5.41) is 24.2. The first-order valence-electron chi connectivity index (χ1n) is 8.72. The maximum Gasteiger partial charge on any atom is 0.337 e. The number of aromatic amines is 1. The molecule has 2 heterocycles. The number of piperidine rings is 1. The number of nitrogens with one attached hydrogen (secondary N) is 1. The Kier molecular flexibility index (Phi) is 10.8. The molecule has 1 aliphatic rings. The first-order chi connectivity index (χ1) is 13.0. The van der Waals surface area contributed by atoms with Gasteiger partial charge in [0.25, 0.3) is 5.90 Å². The fourth-order valence-corrected chi connectivity index (χ4v) is 2.60. The lowest BCUT2D eigenvalue weighted by Gasteiger charge is -2.27. The number of hydrogen-bond acceptors (Lipinski definition) is 8. The molecule has 1 aromatic heterocycles. The number of oxime groups is 1. The van der Waals surface area contributed by atoms with Crippen molar-refractivity contribution < 1.29 is 46.8 Å². The van der Waals surface area contributed by atoms with Crippen LogP contribution in [0.25, 0.3) is 0 Å². The van der Waals surface area contributed by atoms with E-state index in [1.807, 2.05) is 0 Å². The lowest BCUT2D eigenvalue weighted by molar-refractivity contribution is -0.378. The van der Waals surface area contributed by atoms with Crippen molar-refractivity contribution in [2.45, 2.75) is 25.4 Å². The Morgan fingerprint density at radius 2 is 2.07 bits per heavy atom. The molecule has 0 spiro atoms. The highest BCUT2D eigenvalue weighted by molar-refractivity contribution is 6.03. The van der Waals surface area contributed by atoms with Crippen LogP contribution in [0.3, 0.4) is 0 Å². The number of nitrogens with zero attached hydrogens (tertiary/aromatic N) is 2. The number of H-pyrrole nitrogens is 1. The Balaban J connectivity index is 0.00000392. The number of ether oxygens (including phenoxy) is 1. The summed E-state index contributed by atoms with van der Waals surface area (Å²) in [6, 6.07) is 3.29. The summed E-state index contributed by atoms with van der Waals surface area (Å²) in [5.41, 5.74) is 0.415. The fraction of sp³-hybridized carbons (Fsp3) is 0.444. The number of pyridine rings is 1. The van der Waals surface area contributed by atoms with Crippen molar-refractivity contribution in [3.63, 3.8) is 0 Å². The fourth-order valence-electron chi connectivity index (χ4n) is 2.60. The molecule has 0 bridgehead atoms. The van der Waals surface area contributed by atoms with Gasteiger partial charge in [-0.15, -0.1) is 0 Å². The highest BCUT2D eigenvalue weighted by atomic mass is 35.5. The molecule has 1 aliphatic heterocycles. The van der Waals surface area contributed by atoms with Crippen LogP contribution in [0.15, 0.2) is 41.8 Å². The molecular formula is C18H23ClN3O6-. The Hall–Kier alpha value is -2.49. The second-order valence-electron chi connectivity index (χ2n) is 6.07. The van der Waals surface area contributed by atoms with E-state index in [0.29, 0.717) is 24.3 Å². The summed E-state index contributed by atoms with van der Waals surface area (Å²) >= 11 is 0. The molecule has 1 unspecified atom stereocenters. The topological polar surface area (TPSA) is 126 Å². The molecule has 9 nitrogen and oxygen atoms in total. The number of esters is 1. The molecule has 154 valence electrons. The zero-order valence-corrected chi connectivity index (χ0v) is 16.0. The number of aliphatic carboxylic acids is 1. The van der Waals surface area contributed by atoms with Crippen LogP contribution >= 0.6 is 0 Å². The molecule has 1 fully saturated rings. The molecule has 1 aromatic rings. The molecule has 0 amide bonds. The average molecular weight is 413 g/mol. The SMILES string of the molecule is O=C([O-])C=CC(=O)O/C(=N\OCC(O)CN1CCCCC1)c1ccc[nH+]c1.[Cl-]. The number of carboxylic acid groups (broad SMARTS) is 1. The molecule has 28 heavy (non-hydrogen) atoms. The van der Waals surface area contributed by atoms with Crippen molar-refractivity contribution in [1.29, 1.82) is 0 Å². The zero-order chi connectivity index (χ0) is 19.5. The minimum absolute atomic E-state index is 0. The normalized spacial score (nSPS) is 16.2. The first kappa shape index (κ1) is 23.5. The van der Waals surface area contributed by atoms with E-state index < -0.39 is 18.0 Å². The predicted octanol–water partition coefficient (Wildman–Crippen LogP) is -4.12. The molecule has 0 aliphatic carbocycles. The van der Waals surface area contributed by atoms with Gasteiger partial charge in [0, 0.05) is 18.7 Å². The van der Waals surface area contributed by atoms with Crippen molar-refractivity contribution in [3.8, 4) is 0 Å². The molecule has 2 N–H and O–H groups in total. The number of halogens is 1. The molecule has 0 radical (unpaired) electrons. The van der Waals surface area contributed by atoms with Crippen LogP contribution in [0, 0.1) is 0 Å². The van der Waals surface area contributed by atoms with E-state index in [1.54, 1.807) is 18.3 Å². The van der Waals surface area contributed by atoms with Crippen molar-refractivity contribution in [2.24, 2.45) is 5.16 Å². The van der Waals surface area contributed by atoms with E-state index in [9.17, 15) is 19.8 Å². The third kappa shape index (κ3) is 8.94. The minimum Gasteiger partial charge on any atom is -1.00 e. The predicted molar refractivity (Wildman–Crippen MR) is 92.0 cm³/mol. The maximum absolute atomic E-state index is 11.7. The van der Waals surface area contributed by atoms with Crippen LogP contribution in [-0.4, -0.2) is 60.2 Å². The Morgan fingerprint density at radius 3 is 2.71 bits per heavy atom. The Morgan fingerprint density at radius 1 is 1.32 bits per heavy atom. The van der Waals surface area contributed by atoms with Crippen molar-refractivity contribution in [2.75, 3.05) is 26.2 Å². The summed E-state index contributed by atoms with van der Waals surface area (Å²) in [6.07, 6.45) is 7.17. The summed E-state index contributed by atoms with van der Waals surface area (Å²) in [5.74, 6) is -2.63. The van der Waals surface area contributed by atoms with Gasteiger partial charge in [0.2, 0.25) is 0 Å². The second-order valence-corrected chi connectivity index (χ2v) is 6.07. The second kappa shape index (κ2) is 12.8. The number of carbonyl (C=O) groups excluding carboxylic acids is 2. The lowest BCUT2D eigenvalue weighted by Crippen LogP contribution is -3.00. The molecule has 1 atom stereocenters. The minimum atomic E-state index is -1.52. The van der Waals surface area contributed by atoms with E-state index in [2.05, 4.69) is 15.0 Å². The van der Waals surface area contributed by atoms with E-state index in [1.165, 1.54) is 12.6 Å². The van der Waals surface area contributed by atoms with Gasteiger partial charge in [-0.1, -0.05) is 6.42 Å².